The number of benzene rings is 4. The first-order valence-corrected chi connectivity index (χ1v) is 14.9. The number of hydrogen-bond donors (Lipinski definition) is 2. The molecule has 232 valence electrons. The van der Waals surface area contributed by atoms with E-state index in [1.807, 2.05) is 49.4 Å². The highest BCUT2D eigenvalue weighted by Gasteiger charge is 2.27. The second-order valence-corrected chi connectivity index (χ2v) is 10.9. The van der Waals surface area contributed by atoms with Crippen LogP contribution in [0.3, 0.4) is 0 Å². The second kappa shape index (κ2) is 14.1. The molecule has 0 fully saturated rings. The molecule has 4 aromatic carbocycles. The Kier molecular flexibility index (Phi) is 9.77. The van der Waals surface area contributed by atoms with Gasteiger partial charge in [0.2, 0.25) is 5.91 Å². The smallest absolute Gasteiger partial charge is 0.323 e. The Labute approximate surface area is 262 Å². The van der Waals surface area contributed by atoms with Gasteiger partial charge >= 0.3 is 12.0 Å². The number of amides is 3. The summed E-state index contributed by atoms with van der Waals surface area (Å²) in [5, 5.41) is 5.65. The number of aryl methyl sites for hydroxylation is 1. The van der Waals surface area contributed by atoms with Crippen LogP contribution in [0.2, 0.25) is 0 Å². The summed E-state index contributed by atoms with van der Waals surface area (Å²) in [4.78, 5) is 40.3. The van der Waals surface area contributed by atoms with Crippen LogP contribution in [0.25, 0.3) is 0 Å². The van der Waals surface area contributed by atoms with Crippen LogP contribution in [0.5, 0.6) is 5.75 Å². The Morgan fingerprint density at radius 2 is 1.64 bits per heavy atom. The molecule has 0 spiro atoms. The Balaban J connectivity index is 1.28. The standard InChI is InChI=1S/C36H36FN3O5/c1-4-45-35(42)22-29(25-10-13-28(37)14-11-25)26-12-16-32-27(21-26)17-18-40(32)34(41)20-24-9-15-31(33(19-24)44-3)39-36(43)38-30-8-6-5-7-23(30)2/h5-16,19,21,29H,4,17-18,20,22H2,1-3H3,(H2,38,39,43). The normalized spacial score (nSPS) is 12.7. The third-order valence-corrected chi connectivity index (χ3v) is 7.91. The highest BCUT2D eigenvalue weighted by atomic mass is 19.1. The minimum Gasteiger partial charge on any atom is -0.495 e. The third kappa shape index (κ3) is 7.49. The molecule has 1 atom stereocenters. The van der Waals surface area contributed by atoms with Gasteiger partial charge in [-0.25, -0.2) is 9.18 Å². The second-order valence-electron chi connectivity index (χ2n) is 10.9. The van der Waals surface area contributed by atoms with Gasteiger partial charge in [-0.2, -0.15) is 0 Å². The van der Waals surface area contributed by atoms with E-state index in [0.717, 1.165) is 33.5 Å². The van der Waals surface area contributed by atoms with Crippen molar-refractivity contribution >= 4 is 35.0 Å². The van der Waals surface area contributed by atoms with E-state index in [0.29, 0.717) is 30.1 Å². The molecule has 2 N–H and O–H groups in total. The number of para-hydroxylation sites is 1. The summed E-state index contributed by atoms with van der Waals surface area (Å²) in [5.41, 5.74) is 6.44. The summed E-state index contributed by atoms with van der Waals surface area (Å²) in [6, 6.07) is 24.4. The number of carbonyl (C=O) groups excluding carboxylic acids is 3. The van der Waals surface area contributed by atoms with Crippen LogP contribution in [0.15, 0.2) is 84.9 Å². The zero-order chi connectivity index (χ0) is 31.9. The van der Waals surface area contributed by atoms with Crippen LogP contribution in [0, 0.1) is 12.7 Å². The van der Waals surface area contributed by atoms with Gasteiger partial charge in [0.1, 0.15) is 11.6 Å². The molecular weight excluding hydrogens is 573 g/mol. The summed E-state index contributed by atoms with van der Waals surface area (Å²) in [6.45, 7) is 4.49. The minimum atomic E-state index is -0.400. The van der Waals surface area contributed by atoms with Gasteiger partial charge in [-0.15, -0.1) is 0 Å². The van der Waals surface area contributed by atoms with E-state index < -0.39 is 6.03 Å². The van der Waals surface area contributed by atoms with E-state index in [2.05, 4.69) is 10.6 Å². The third-order valence-electron chi connectivity index (χ3n) is 7.91. The van der Waals surface area contributed by atoms with Crippen LogP contribution in [-0.2, 0) is 27.2 Å². The number of nitrogens with zero attached hydrogens (tertiary/aromatic N) is 1. The van der Waals surface area contributed by atoms with E-state index in [1.54, 1.807) is 42.2 Å². The van der Waals surface area contributed by atoms with E-state index in [4.69, 9.17) is 9.47 Å². The summed E-state index contributed by atoms with van der Waals surface area (Å²) in [6.07, 6.45) is 0.947. The maximum Gasteiger partial charge on any atom is 0.323 e. The molecule has 45 heavy (non-hydrogen) atoms. The van der Waals surface area contributed by atoms with Crippen LogP contribution < -0.4 is 20.3 Å². The molecule has 1 unspecified atom stereocenters. The van der Waals surface area contributed by atoms with Crippen molar-refractivity contribution in [1.82, 2.24) is 0 Å². The van der Waals surface area contributed by atoms with Gasteiger partial charge in [-0.05, 0) is 84.5 Å². The van der Waals surface area contributed by atoms with Crippen LogP contribution >= 0.6 is 0 Å². The fraction of sp³-hybridized carbons (Fsp3) is 0.250. The monoisotopic (exact) mass is 609 g/mol. The number of anilines is 3. The van der Waals surface area contributed by atoms with Crippen molar-refractivity contribution in [2.75, 3.05) is 35.8 Å². The fourth-order valence-electron chi connectivity index (χ4n) is 5.62. The van der Waals surface area contributed by atoms with Crippen molar-refractivity contribution in [3.63, 3.8) is 0 Å². The zero-order valence-corrected chi connectivity index (χ0v) is 25.6. The zero-order valence-electron chi connectivity index (χ0n) is 25.6. The molecule has 1 heterocycles. The average molecular weight is 610 g/mol. The van der Waals surface area contributed by atoms with Crippen LogP contribution in [0.4, 0.5) is 26.2 Å². The number of hydrogen-bond acceptors (Lipinski definition) is 5. The van der Waals surface area contributed by atoms with E-state index in [9.17, 15) is 18.8 Å². The Morgan fingerprint density at radius 1 is 0.911 bits per heavy atom. The molecule has 5 rings (SSSR count). The molecule has 0 aliphatic carbocycles. The van der Waals surface area contributed by atoms with E-state index >= 15 is 0 Å². The van der Waals surface area contributed by atoms with Gasteiger partial charge < -0.3 is 25.0 Å². The van der Waals surface area contributed by atoms with Crippen molar-refractivity contribution < 1.29 is 28.2 Å². The topological polar surface area (TPSA) is 97.0 Å². The Hall–Kier alpha value is -5.18. The Bertz CT molecular complexity index is 1710. The van der Waals surface area contributed by atoms with Gasteiger partial charge in [0.15, 0.2) is 0 Å². The summed E-state index contributed by atoms with van der Waals surface area (Å²) in [7, 11) is 1.51. The number of methoxy groups -OCH3 is 1. The number of nitrogens with one attached hydrogen (secondary N) is 2. The average Bonchev–Trinajstić information content (AvgIpc) is 3.46. The molecule has 3 amide bonds. The molecule has 9 heteroatoms. The van der Waals surface area contributed by atoms with Crippen LogP contribution in [-0.4, -0.2) is 38.2 Å². The molecule has 0 bridgehead atoms. The maximum absolute atomic E-state index is 13.6. The van der Waals surface area contributed by atoms with Gasteiger partial charge in [-0.3, -0.25) is 9.59 Å². The predicted molar refractivity (Wildman–Crippen MR) is 173 cm³/mol. The lowest BCUT2D eigenvalue weighted by atomic mass is 9.87. The van der Waals surface area contributed by atoms with E-state index in [-0.39, 0.29) is 43.1 Å². The number of urea groups is 1. The molecule has 0 saturated heterocycles. The van der Waals surface area contributed by atoms with Crippen molar-refractivity contribution in [2.24, 2.45) is 0 Å². The first kappa shape index (κ1) is 31.3. The summed E-state index contributed by atoms with van der Waals surface area (Å²) >= 11 is 0. The lowest BCUT2D eigenvalue weighted by molar-refractivity contribution is -0.143. The lowest BCUT2D eigenvalue weighted by Gasteiger charge is -2.21. The number of fused-ring (bicyclic) bond motifs is 1. The van der Waals surface area contributed by atoms with Gasteiger partial charge in [0.05, 0.1) is 32.2 Å². The highest BCUT2D eigenvalue weighted by molar-refractivity contribution is 6.01. The number of ether oxygens (including phenoxy) is 2. The quantitative estimate of drug-likeness (QED) is 0.189. The van der Waals surface area contributed by atoms with Crippen molar-refractivity contribution in [3.05, 3.63) is 119 Å². The first-order chi connectivity index (χ1) is 21.7. The summed E-state index contributed by atoms with van der Waals surface area (Å²) in [5.74, 6) is -0.599. The highest BCUT2D eigenvalue weighted by Crippen LogP contribution is 2.36. The molecule has 0 saturated carbocycles. The molecular formula is C36H36FN3O5. The molecule has 4 aromatic rings. The SMILES string of the molecule is CCOC(=O)CC(c1ccc(F)cc1)c1ccc2c(c1)CCN2C(=O)Cc1ccc(NC(=O)Nc2ccccc2C)c(OC)c1. The fourth-order valence-corrected chi connectivity index (χ4v) is 5.62. The number of carbonyl (C=O) groups is 3. The first-order valence-electron chi connectivity index (χ1n) is 14.9. The van der Waals surface area contributed by atoms with Crippen LogP contribution in [0.1, 0.15) is 47.1 Å². The number of halogens is 1. The molecule has 1 aliphatic heterocycles. The largest absolute Gasteiger partial charge is 0.495 e. The van der Waals surface area contributed by atoms with Gasteiger partial charge in [0.25, 0.3) is 0 Å². The molecule has 0 aromatic heterocycles. The summed E-state index contributed by atoms with van der Waals surface area (Å²) < 4.78 is 24.4. The Morgan fingerprint density at radius 3 is 2.38 bits per heavy atom. The van der Waals surface area contributed by atoms with Gasteiger partial charge in [-0.1, -0.05) is 48.5 Å². The lowest BCUT2D eigenvalue weighted by Crippen LogP contribution is -2.30. The predicted octanol–water partition coefficient (Wildman–Crippen LogP) is 7.00. The molecule has 0 radical (unpaired) electrons. The minimum absolute atomic E-state index is 0.0665. The van der Waals surface area contributed by atoms with Crippen molar-refractivity contribution in [1.29, 1.82) is 0 Å². The van der Waals surface area contributed by atoms with Gasteiger partial charge in [0, 0.05) is 23.8 Å². The number of rotatable bonds is 10. The molecule has 1 aliphatic rings. The van der Waals surface area contributed by atoms with Crippen molar-refractivity contribution in [2.45, 2.75) is 39.0 Å². The van der Waals surface area contributed by atoms with Crippen molar-refractivity contribution in [3.8, 4) is 5.75 Å². The number of esters is 1. The maximum atomic E-state index is 13.6. The molecule has 8 nitrogen and oxygen atoms in total. The van der Waals surface area contributed by atoms with E-state index in [1.165, 1.54) is 19.2 Å².